The molecular weight excluding hydrogens is 538 g/mol. The van der Waals surface area contributed by atoms with E-state index in [1.807, 2.05) is 36.4 Å². The number of ether oxygens (including phenoxy) is 2. The quantitative estimate of drug-likeness (QED) is 0.170. The SMILES string of the molecule is COc1ccc(COc2ccc3ccccc3c2-c2c(N=C(c3ccccc3)c3ccccc3)ccc3ccccc23)cc1. The number of rotatable bonds is 8. The van der Waals surface area contributed by atoms with Gasteiger partial charge in [-0.15, -0.1) is 0 Å². The summed E-state index contributed by atoms with van der Waals surface area (Å²) in [5.41, 5.74) is 7.08. The molecule has 0 heterocycles. The van der Waals surface area contributed by atoms with Gasteiger partial charge in [-0.05, 0) is 51.4 Å². The molecular formula is C41H31NO2. The molecule has 3 heteroatoms. The van der Waals surface area contributed by atoms with Crippen molar-refractivity contribution in [2.75, 3.05) is 7.11 Å². The van der Waals surface area contributed by atoms with Gasteiger partial charge in [-0.2, -0.15) is 0 Å². The van der Waals surface area contributed by atoms with E-state index in [0.29, 0.717) is 6.61 Å². The third-order valence-corrected chi connectivity index (χ3v) is 7.93. The van der Waals surface area contributed by atoms with Crippen molar-refractivity contribution in [1.82, 2.24) is 0 Å². The van der Waals surface area contributed by atoms with Crippen LogP contribution in [0.5, 0.6) is 11.5 Å². The largest absolute Gasteiger partial charge is 0.497 e. The first-order valence-electron chi connectivity index (χ1n) is 14.8. The fourth-order valence-corrected chi connectivity index (χ4v) is 5.74. The van der Waals surface area contributed by atoms with E-state index in [0.717, 1.165) is 72.3 Å². The fraction of sp³-hybridized carbons (Fsp3) is 0.0488. The van der Waals surface area contributed by atoms with Gasteiger partial charge in [0.15, 0.2) is 0 Å². The maximum Gasteiger partial charge on any atom is 0.128 e. The summed E-state index contributed by atoms with van der Waals surface area (Å²) in [6.07, 6.45) is 0. The Morgan fingerprint density at radius 3 is 1.68 bits per heavy atom. The topological polar surface area (TPSA) is 30.8 Å². The molecule has 0 bridgehead atoms. The molecule has 0 aliphatic heterocycles. The third-order valence-electron chi connectivity index (χ3n) is 7.93. The molecule has 0 fully saturated rings. The van der Waals surface area contributed by atoms with E-state index < -0.39 is 0 Å². The molecule has 44 heavy (non-hydrogen) atoms. The zero-order chi connectivity index (χ0) is 29.7. The van der Waals surface area contributed by atoms with Crippen LogP contribution in [0.4, 0.5) is 5.69 Å². The Bertz CT molecular complexity index is 2040. The van der Waals surface area contributed by atoms with Gasteiger partial charge in [0.2, 0.25) is 0 Å². The van der Waals surface area contributed by atoms with Crippen LogP contribution in [0, 0.1) is 0 Å². The Kier molecular flexibility index (Phi) is 7.59. The maximum atomic E-state index is 6.65. The molecule has 0 unspecified atom stereocenters. The van der Waals surface area contributed by atoms with Gasteiger partial charge in [0.1, 0.15) is 18.1 Å². The number of aliphatic imine (C=N–C) groups is 1. The molecule has 0 radical (unpaired) electrons. The summed E-state index contributed by atoms with van der Waals surface area (Å²) >= 11 is 0. The van der Waals surface area contributed by atoms with Crippen LogP contribution in [0.1, 0.15) is 16.7 Å². The van der Waals surface area contributed by atoms with Crippen LogP contribution in [0.3, 0.4) is 0 Å². The molecule has 0 saturated heterocycles. The van der Waals surface area contributed by atoms with Crippen molar-refractivity contribution >= 4 is 32.9 Å². The molecule has 212 valence electrons. The monoisotopic (exact) mass is 569 g/mol. The highest BCUT2D eigenvalue weighted by atomic mass is 16.5. The van der Waals surface area contributed by atoms with Crippen LogP contribution in [0.15, 0.2) is 163 Å². The summed E-state index contributed by atoms with van der Waals surface area (Å²) in [4.78, 5) is 5.46. The molecule has 0 aliphatic carbocycles. The standard InChI is InChI=1S/C41H31NO2/c1-43-34-24-20-29(21-25-34)28-44-38-27-23-31-13-9-11-19-36(31)40(38)39-35-18-10-8-12-30(35)22-26-37(39)42-41(32-14-4-2-5-15-32)33-16-6-3-7-17-33/h2-27H,28H2,1H3. The van der Waals surface area contributed by atoms with Crippen LogP contribution >= 0.6 is 0 Å². The van der Waals surface area contributed by atoms with Gasteiger partial charge in [-0.1, -0.05) is 133 Å². The van der Waals surface area contributed by atoms with Crippen molar-refractivity contribution in [2.45, 2.75) is 6.61 Å². The number of hydrogen-bond donors (Lipinski definition) is 0. The van der Waals surface area contributed by atoms with E-state index >= 15 is 0 Å². The molecule has 0 atom stereocenters. The van der Waals surface area contributed by atoms with Crippen LogP contribution in [0.2, 0.25) is 0 Å². The lowest BCUT2D eigenvalue weighted by molar-refractivity contribution is 0.307. The second-order valence-electron chi connectivity index (χ2n) is 10.7. The van der Waals surface area contributed by atoms with Crippen LogP contribution in [-0.2, 0) is 6.61 Å². The van der Waals surface area contributed by atoms with Crippen LogP contribution in [-0.4, -0.2) is 12.8 Å². The van der Waals surface area contributed by atoms with E-state index in [1.165, 1.54) is 0 Å². The first-order chi connectivity index (χ1) is 21.8. The predicted octanol–water partition coefficient (Wildman–Crippen LogP) is 10.4. The van der Waals surface area contributed by atoms with Gasteiger partial charge in [0, 0.05) is 22.3 Å². The highest BCUT2D eigenvalue weighted by molar-refractivity contribution is 6.17. The summed E-state index contributed by atoms with van der Waals surface area (Å²) in [5.74, 6) is 1.64. The zero-order valence-corrected chi connectivity index (χ0v) is 24.5. The van der Waals surface area contributed by atoms with Gasteiger partial charge < -0.3 is 9.47 Å². The molecule has 0 N–H and O–H groups in total. The zero-order valence-electron chi connectivity index (χ0n) is 24.5. The van der Waals surface area contributed by atoms with Crippen LogP contribution < -0.4 is 9.47 Å². The Hall–Kier alpha value is -5.67. The summed E-state index contributed by atoms with van der Waals surface area (Å²) in [7, 11) is 1.68. The molecule has 7 aromatic rings. The highest BCUT2D eigenvalue weighted by Crippen LogP contribution is 2.46. The van der Waals surface area contributed by atoms with Crippen molar-refractivity contribution in [2.24, 2.45) is 4.99 Å². The van der Waals surface area contributed by atoms with Crippen molar-refractivity contribution in [1.29, 1.82) is 0 Å². The van der Waals surface area contributed by atoms with Gasteiger partial charge in [0.25, 0.3) is 0 Å². The number of fused-ring (bicyclic) bond motifs is 2. The van der Waals surface area contributed by atoms with Crippen molar-refractivity contribution in [3.05, 3.63) is 174 Å². The first kappa shape index (κ1) is 27.2. The molecule has 0 spiro atoms. The van der Waals surface area contributed by atoms with Crippen molar-refractivity contribution in [3.63, 3.8) is 0 Å². The minimum atomic E-state index is 0.429. The summed E-state index contributed by atoms with van der Waals surface area (Å²) < 4.78 is 12.0. The number of benzene rings is 7. The van der Waals surface area contributed by atoms with E-state index in [9.17, 15) is 0 Å². The lowest BCUT2D eigenvalue weighted by atomic mass is 9.91. The number of hydrogen-bond acceptors (Lipinski definition) is 3. The number of nitrogens with zero attached hydrogens (tertiary/aromatic N) is 1. The lowest BCUT2D eigenvalue weighted by Crippen LogP contribution is -2.03. The van der Waals surface area contributed by atoms with Crippen molar-refractivity contribution < 1.29 is 9.47 Å². The summed E-state index contributed by atoms with van der Waals surface area (Å²) in [6.45, 7) is 0.429. The van der Waals surface area contributed by atoms with E-state index in [4.69, 9.17) is 14.5 Å². The number of methoxy groups -OCH3 is 1. The lowest BCUT2D eigenvalue weighted by Gasteiger charge is -2.19. The minimum absolute atomic E-state index is 0.429. The molecule has 3 nitrogen and oxygen atoms in total. The molecule has 0 amide bonds. The van der Waals surface area contributed by atoms with E-state index in [1.54, 1.807) is 7.11 Å². The van der Waals surface area contributed by atoms with Crippen molar-refractivity contribution in [3.8, 4) is 22.6 Å². The Labute approximate surface area is 257 Å². The normalized spacial score (nSPS) is 10.9. The Morgan fingerprint density at radius 1 is 0.523 bits per heavy atom. The maximum absolute atomic E-state index is 6.65. The average molecular weight is 570 g/mol. The Balaban J connectivity index is 1.47. The summed E-state index contributed by atoms with van der Waals surface area (Å²) in [5, 5.41) is 4.54. The van der Waals surface area contributed by atoms with Gasteiger partial charge >= 0.3 is 0 Å². The predicted molar refractivity (Wildman–Crippen MR) is 182 cm³/mol. The second kappa shape index (κ2) is 12.3. The fourth-order valence-electron chi connectivity index (χ4n) is 5.74. The smallest absolute Gasteiger partial charge is 0.128 e. The molecule has 0 aromatic heterocycles. The second-order valence-corrected chi connectivity index (χ2v) is 10.7. The molecule has 7 aromatic carbocycles. The van der Waals surface area contributed by atoms with Gasteiger partial charge in [0.05, 0.1) is 18.5 Å². The van der Waals surface area contributed by atoms with Gasteiger partial charge in [-0.25, -0.2) is 4.99 Å². The first-order valence-corrected chi connectivity index (χ1v) is 14.8. The van der Waals surface area contributed by atoms with Crippen LogP contribution in [0.25, 0.3) is 32.7 Å². The molecule has 0 saturated carbocycles. The highest BCUT2D eigenvalue weighted by Gasteiger charge is 2.19. The minimum Gasteiger partial charge on any atom is -0.497 e. The van der Waals surface area contributed by atoms with Gasteiger partial charge in [-0.3, -0.25) is 0 Å². The summed E-state index contributed by atoms with van der Waals surface area (Å²) in [6, 6.07) is 54.3. The van der Waals surface area contributed by atoms with E-state index in [-0.39, 0.29) is 0 Å². The van der Waals surface area contributed by atoms with E-state index in [2.05, 4.69) is 121 Å². The Morgan fingerprint density at radius 2 is 1.07 bits per heavy atom. The molecule has 7 rings (SSSR count). The third kappa shape index (κ3) is 5.44. The molecule has 0 aliphatic rings. The average Bonchev–Trinajstić information content (AvgIpc) is 3.10.